The van der Waals surface area contributed by atoms with E-state index in [4.69, 9.17) is 8.94 Å². The van der Waals surface area contributed by atoms with E-state index in [1.807, 2.05) is 35.3 Å². The number of hydrogen-bond donors (Lipinski definition) is 0. The van der Waals surface area contributed by atoms with Crippen molar-refractivity contribution in [3.63, 3.8) is 0 Å². The molecule has 0 radical (unpaired) electrons. The van der Waals surface area contributed by atoms with Crippen molar-refractivity contribution in [1.82, 2.24) is 24.8 Å². The molecule has 1 fully saturated rings. The number of rotatable bonds is 6. The van der Waals surface area contributed by atoms with Crippen LogP contribution in [-0.2, 0) is 13.1 Å². The predicted octanol–water partition coefficient (Wildman–Crippen LogP) is 2.97. The molecule has 1 atom stereocenters. The van der Waals surface area contributed by atoms with E-state index in [-0.39, 0.29) is 0 Å². The highest BCUT2D eigenvalue weighted by Crippen LogP contribution is 2.23. The largest absolute Gasteiger partial charge is 0.461 e. The van der Waals surface area contributed by atoms with Crippen molar-refractivity contribution < 1.29 is 8.94 Å². The molecule has 0 bridgehead atoms. The van der Waals surface area contributed by atoms with Crippen LogP contribution in [0, 0.1) is 0 Å². The highest BCUT2D eigenvalue weighted by Gasteiger charge is 2.24. The molecule has 126 valence electrons. The number of aromatic nitrogens is 4. The molecular formula is C17H21N5O2. The molecular weight excluding hydrogens is 306 g/mol. The first-order valence-electron chi connectivity index (χ1n) is 8.46. The third-order valence-electron chi connectivity index (χ3n) is 4.55. The Hall–Kier alpha value is -2.41. The number of piperidine rings is 1. The Bertz CT molecular complexity index is 735. The minimum atomic E-state index is 0.514. The lowest BCUT2D eigenvalue weighted by Gasteiger charge is -2.34. The van der Waals surface area contributed by atoms with E-state index >= 15 is 0 Å². The smallest absolute Gasteiger partial charge is 0.241 e. The monoisotopic (exact) mass is 327 g/mol. The lowest BCUT2D eigenvalue weighted by molar-refractivity contribution is 0.113. The van der Waals surface area contributed by atoms with E-state index in [9.17, 15) is 0 Å². The fourth-order valence-electron chi connectivity index (χ4n) is 3.31. The van der Waals surface area contributed by atoms with Gasteiger partial charge in [-0.15, -0.1) is 0 Å². The van der Waals surface area contributed by atoms with Crippen LogP contribution in [0.3, 0.4) is 0 Å². The van der Waals surface area contributed by atoms with Crippen molar-refractivity contribution >= 4 is 0 Å². The minimum absolute atomic E-state index is 0.514. The van der Waals surface area contributed by atoms with Gasteiger partial charge in [0.05, 0.1) is 12.8 Å². The summed E-state index contributed by atoms with van der Waals surface area (Å²) in [5.41, 5.74) is 0. The van der Waals surface area contributed by atoms with Crippen LogP contribution in [-0.4, -0.2) is 37.4 Å². The summed E-state index contributed by atoms with van der Waals surface area (Å²) in [5, 5.41) is 8.30. The van der Waals surface area contributed by atoms with Gasteiger partial charge in [0, 0.05) is 25.0 Å². The maximum absolute atomic E-state index is 5.41. The van der Waals surface area contributed by atoms with Gasteiger partial charge in [-0.25, -0.2) is 0 Å². The molecule has 7 heteroatoms. The minimum Gasteiger partial charge on any atom is -0.461 e. The molecule has 24 heavy (non-hydrogen) atoms. The van der Waals surface area contributed by atoms with Crippen LogP contribution in [0.5, 0.6) is 0 Å². The van der Waals surface area contributed by atoms with Gasteiger partial charge in [-0.1, -0.05) is 11.6 Å². The first kappa shape index (κ1) is 15.1. The van der Waals surface area contributed by atoms with Crippen LogP contribution in [0.4, 0.5) is 0 Å². The zero-order chi connectivity index (χ0) is 16.2. The van der Waals surface area contributed by atoms with Gasteiger partial charge in [0.2, 0.25) is 11.7 Å². The number of hydrogen-bond acceptors (Lipinski definition) is 6. The standard InChI is InChI=1S/C17H21N5O2/c1-2-9-21(14(5-1)7-11-22-10-4-8-18-22)13-16-19-17(20-24-16)15-6-3-12-23-15/h3-4,6,8,10,12,14H,1-2,5,7,9,11,13H2. The average Bonchev–Trinajstić information content (AvgIpc) is 3.36. The van der Waals surface area contributed by atoms with Crippen molar-refractivity contribution in [1.29, 1.82) is 0 Å². The highest BCUT2D eigenvalue weighted by molar-refractivity contribution is 5.44. The quantitative estimate of drug-likeness (QED) is 0.693. The Morgan fingerprint density at radius 3 is 3.08 bits per heavy atom. The van der Waals surface area contributed by atoms with Gasteiger partial charge < -0.3 is 8.94 Å². The third kappa shape index (κ3) is 3.41. The van der Waals surface area contributed by atoms with E-state index in [0.29, 0.717) is 30.1 Å². The summed E-state index contributed by atoms with van der Waals surface area (Å²) in [5.74, 6) is 1.80. The summed E-state index contributed by atoms with van der Waals surface area (Å²) in [6.45, 7) is 2.70. The molecule has 7 nitrogen and oxygen atoms in total. The molecule has 3 aromatic heterocycles. The second kappa shape index (κ2) is 7.00. The Kier molecular flexibility index (Phi) is 4.42. The summed E-state index contributed by atoms with van der Waals surface area (Å²) in [6.07, 6.45) is 10.2. The van der Waals surface area contributed by atoms with Gasteiger partial charge in [-0.3, -0.25) is 9.58 Å². The summed E-state index contributed by atoms with van der Waals surface area (Å²) in [4.78, 5) is 6.91. The molecule has 0 N–H and O–H groups in total. The maximum Gasteiger partial charge on any atom is 0.241 e. The first-order valence-corrected chi connectivity index (χ1v) is 8.46. The van der Waals surface area contributed by atoms with E-state index in [1.165, 1.54) is 19.3 Å². The number of furan rings is 1. The molecule has 0 aromatic carbocycles. The molecule has 3 aromatic rings. The summed E-state index contributed by atoms with van der Waals surface area (Å²) < 4.78 is 12.7. The van der Waals surface area contributed by atoms with Crippen molar-refractivity contribution in [2.45, 2.75) is 44.8 Å². The molecule has 1 unspecified atom stereocenters. The molecule has 1 aliphatic heterocycles. The van der Waals surface area contributed by atoms with E-state index in [0.717, 1.165) is 19.5 Å². The lowest BCUT2D eigenvalue weighted by Crippen LogP contribution is -2.39. The zero-order valence-electron chi connectivity index (χ0n) is 13.5. The number of aryl methyl sites for hydroxylation is 1. The van der Waals surface area contributed by atoms with E-state index in [2.05, 4.69) is 20.1 Å². The van der Waals surface area contributed by atoms with Crippen molar-refractivity contribution in [3.8, 4) is 11.6 Å². The number of nitrogens with zero attached hydrogens (tertiary/aromatic N) is 5. The van der Waals surface area contributed by atoms with Crippen LogP contribution in [0.1, 0.15) is 31.6 Å². The van der Waals surface area contributed by atoms with Gasteiger partial charge in [0.25, 0.3) is 0 Å². The molecule has 0 amide bonds. The topological polar surface area (TPSA) is 73.1 Å². The Labute approximate surface area is 140 Å². The van der Waals surface area contributed by atoms with Crippen molar-refractivity contribution in [2.24, 2.45) is 0 Å². The molecule has 0 saturated carbocycles. The maximum atomic E-state index is 5.41. The van der Waals surface area contributed by atoms with Crippen LogP contribution < -0.4 is 0 Å². The first-order chi connectivity index (χ1) is 11.9. The Morgan fingerprint density at radius 2 is 2.25 bits per heavy atom. The Morgan fingerprint density at radius 1 is 1.25 bits per heavy atom. The fraction of sp³-hybridized carbons (Fsp3) is 0.471. The average molecular weight is 327 g/mol. The van der Waals surface area contributed by atoms with Gasteiger partial charge in [-0.2, -0.15) is 10.1 Å². The number of likely N-dealkylation sites (tertiary alicyclic amines) is 1. The molecule has 1 aliphatic rings. The third-order valence-corrected chi connectivity index (χ3v) is 4.55. The molecule has 0 aliphatic carbocycles. The second-order valence-corrected chi connectivity index (χ2v) is 6.17. The van der Waals surface area contributed by atoms with Crippen LogP contribution >= 0.6 is 0 Å². The van der Waals surface area contributed by atoms with E-state index < -0.39 is 0 Å². The van der Waals surface area contributed by atoms with E-state index in [1.54, 1.807) is 6.26 Å². The zero-order valence-corrected chi connectivity index (χ0v) is 13.5. The highest BCUT2D eigenvalue weighted by atomic mass is 16.5. The lowest BCUT2D eigenvalue weighted by atomic mass is 9.99. The van der Waals surface area contributed by atoms with Gasteiger partial charge in [0.15, 0.2) is 5.76 Å². The molecule has 1 saturated heterocycles. The van der Waals surface area contributed by atoms with Gasteiger partial charge in [0.1, 0.15) is 0 Å². The van der Waals surface area contributed by atoms with Crippen LogP contribution in [0.25, 0.3) is 11.6 Å². The predicted molar refractivity (Wildman–Crippen MR) is 86.9 cm³/mol. The van der Waals surface area contributed by atoms with Crippen molar-refractivity contribution in [3.05, 3.63) is 42.7 Å². The van der Waals surface area contributed by atoms with Crippen molar-refractivity contribution in [2.75, 3.05) is 6.54 Å². The SMILES string of the molecule is c1coc(-c2noc(CN3CCCCC3CCn3cccn3)n2)c1. The van der Waals surface area contributed by atoms with Gasteiger partial charge in [-0.05, 0) is 44.0 Å². The molecule has 4 rings (SSSR count). The summed E-state index contributed by atoms with van der Waals surface area (Å²) in [7, 11) is 0. The second-order valence-electron chi connectivity index (χ2n) is 6.17. The normalized spacial score (nSPS) is 18.9. The Balaban J connectivity index is 1.39. The van der Waals surface area contributed by atoms with Crippen LogP contribution in [0.2, 0.25) is 0 Å². The van der Waals surface area contributed by atoms with Gasteiger partial charge >= 0.3 is 0 Å². The van der Waals surface area contributed by atoms with Crippen LogP contribution in [0.15, 0.2) is 45.8 Å². The molecule has 4 heterocycles. The summed E-state index contributed by atoms with van der Waals surface area (Å²) in [6, 6.07) is 6.15. The molecule has 0 spiro atoms. The fourth-order valence-corrected chi connectivity index (χ4v) is 3.31. The summed E-state index contributed by atoms with van der Waals surface area (Å²) >= 11 is 0.